The lowest BCUT2D eigenvalue weighted by Crippen LogP contribution is -2.51. The van der Waals surface area contributed by atoms with Gasteiger partial charge < -0.3 is 20.5 Å². The highest BCUT2D eigenvalue weighted by molar-refractivity contribution is 6.31. The number of amides is 1. The van der Waals surface area contributed by atoms with Crippen molar-refractivity contribution in [2.75, 3.05) is 18.4 Å². The van der Waals surface area contributed by atoms with Crippen LogP contribution in [-0.2, 0) is 24.1 Å². The number of hydrogen-bond acceptors (Lipinski definition) is 5. The number of rotatable bonds is 5. The molecule has 3 N–H and O–H groups in total. The molecule has 36 heavy (non-hydrogen) atoms. The molecule has 0 fully saturated rings. The molecule has 190 valence electrons. The Labute approximate surface area is 217 Å². The molecule has 1 atom stereocenters. The van der Waals surface area contributed by atoms with Crippen LogP contribution in [0.5, 0.6) is 11.5 Å². The van der Waals surface area contributed by atoms with Gasteiger partial charge in [0.25, 0.3) is 5.91 Å². The van der Waals surface area contributed by atoms with E-state index in [4.69, 9.17) is 21.3 Å². The lowest BCUT2D eigenvalue weighted by Gasteiger charge is -2.36. The van der Waals surface area contributed by atoms with Gasteiger partial charge in [-0.2, -0.15) is 0 Å². The first kappa shape index (κ1) is 24.7. The largest absolute Gasteiger partial charge is 0.507 e. The molecule has 0 radical (unpaired) electrons. The monoisotopic (exact) mass is 507 g/mol. The Kier molecular flexibility index (Phi) is 6.50. The Morgan fingerprint density at radius 3 is 2.67 bits per heavy atom. The topological polar surface area (TPSA) is 83.5 Å². The Morgan fingerprint density at radius 1 is 1.08 bits per heavy atom. The van der Waals surface area contributed by atoms with Crippen molar-refractivity contribution >= 4 is 34.1 Å². The number of nitrogens with zero attached hydrogens (tertiary/aromatic N) is 1. The zero-order valence-electron chi connectivity index (χ0n) is 21.5. The average Bonchev–Trinajstić information content (AvgIpc) is 2.87. The highest BCUT2D eigenvalue weighted by atomic mass is 35.5. The molecule has 1 unspecified atom stereocenters. The summed E-state index contributed by atoms with van der Waals surface area (Å²) in [4.78, 5) is 18.1. The van der Waals surface area contributed by atoms with E-state index in [2.05, 4.69) is 10.6 Å². The molecule has 1 aliphatic carbocycles. The van der Waals surface area contributed by atoms with Crippen molar-refractivity contribution in [2.24, 2.45) is 0 Å². The van der Waals surface area contributed by atoms with E-state index < -0.39 is 5.60 Å². The Morgan fingerprint density at radius 2 is 1.86 bits per heavy atom. The number of fused-ring (bicyclic) bond motifs is 3. The number of aromatic hydroxyl groups is 1. The summed E-state index contributed by atoms with van der Waals surface area (Å²) in [6.07, 6.45) is 5.56. The van der Waals surface area contributed by atoms with E-state index in [1.807, 2.05) is 45.9 Å². The highest BCUT2D eigenvalue weighted by Gasteiger charge is 2.40. The van der Waals surface area contributed by atoms with Crippen LogP contribution >= 0.6 is 11.6 Å². The van der Waals surface area contributed by atoms with Crippen LogP contribution in [0.2, 0.25) is 5.02 Å². The first-order valence-electron chi connectivity index (χ1n) is 12.8. The van der Waals surface area contributed by atoms with E-state index in [0.717, 1.165) is 76.0 Å². The highest BCUT2D eigenvalue weighted by Crippen LogP contribution is 2.43. The summed E-state index contributed by atoms with van der Waals surface area (Å²) < 4.78 is 6.32. The fourth-order valence-corrected chi connectivity index (χ4v) is 5.73. The number of pyridine rings is 1. The molecule has 0 spiro atoms. The van der Waals surface area contributed by atoms with Crippen molar-refractivity contribution in [3.05, 3.63) is 56.7 Å². The van der Waals surface area contributed by atoms with Crippen LogP contribution in [0.25, 0.3) is 10.9 Å². The van der Waals surface area contributed by atoms with E-state index in [9.17, 15) is 9.90 Å². The number of aryl methyl sites for hydroxylation is 1. The third-order valence-electron chi connectivity index (χ3n) is 7.94. The Balaban J connectivity index is 1.29. The number of benzene rings is 2. The Hall–Kier alpha value is -2.99. The molecule has 1 amide bonds. The van der Waals surface area contributed by atoms with Crippen LogP contribution < -0.4 is 15.4 Å². The van der Waals surface area contributed by atoms with E-state index >= 15 is 0 Å². The second-order valence-electron chi connectivity index (χ2n) is 10.3. The van der Waals surface area contributed by atoms with Crippen LogP contribution in [0.3, 0.4) is 0 Å². The number of nitrogens with one attached hydrogen (secondary N) is 2. The molecule has 1 aliphatic heterocycles. The van der Waals surface area contributed by atoms with E-state index in [1.54, 1.807) is 0 Å². The lowest BCUT2D eigenvalue weighted by atomic mass is 9.86. The molecule has 3 aromatic rings. The molecule has 7 heteroatoms. The summed E-state index contributed by atoms with van der Waals surface area (Å²) >= 11 is 6.24. The van der Waals surface area contributed by atoms with Crippen molar-refractivity contribution in [3.63, 3.8) is 0 Å². The molecule has 0 bridgehead atoms. The van der Waals surface area contributed by atoms with Crippen molar-refractivity contribution < 1.29 is 14.6 Å². The van der Waals surface area contributed by atoms with Gasteiger partial charge >= 0.3 is 0 Å². The molecular formula is C29H34ClN3O3. The van der Waals surface area contributed by atoms with Gasteiger partial charge in [-0.1, -0.05) is 11.6 Å². The van der Waals surface area contributed by atoms with Crippen LogP contribution in [0.1, 0.15) is 59.7 Å². The maximum atomic E-state index is 13.2. The number of phenolic OH excluding ortho intramolecular Hbond substituents is 1. The average molecular weight is 508 g/mol. The maximum Gasteiger partial charge on any atom is 0.263 e. The zero-order valence-corrected chi connectivity index (χ0v) is 22.2. The van der Waals surface area contributed by atoms with Crippen molar-refractivity contribution in [1.29, 1.82) is 0 Å². The minimum atomic E-state index is -0.951. The van der Waals surface area contributed by atoms with Crippen LogP contribution in [0.4, 0.5) is 5.69 Å². The van der Waals surface area contributed by atoms with Gasteiger partial charge in [0.15, 0.2) is 5.60 Å². The second kappa shape index (κ2) is 9.47. The quantitative estimate of drug-likeness (QED) is 0.385. The number of hydrogen-bond donors (Lipinski definition) is 3. The number of halogens is 1. The second-order valence-corrected chi connectivity index (χ2v) is 10.8. The standard InChI is InChI=1S/C29H34ClN3O3/c1-16-17(2)27-20(18(3)26(16)34)11-12-29(4,36-27)28(35)32-14-13-31-25-21-7-5-6-8-23(21)33-24-15-19(30)9-10-22(24)25/h9-10,15,34H,5-8,11-14H2,1-4H3,(H,31,33)(H,32,35). The molecule has 6 nitrogen and oxygen atoms in total. The van der Waals surface area contributed by atoms with Crippen molar-refractivity contribution in [3.8, 4) is 11.5 Å². The third-order valence-corrected chi connectivity index (χ3v) is 8.17. The van der Waals surface area contributed by atoms with Gasteiger partial charge in [-0.25, -0.2) is 0 Å². The van der Waals surface area contributed by atoms with Crippen LogP contribution in [0, 0.1) is 20.8 Å². The summed E-state index contributed by atoms with van der Waals surface area (Å²) in [6, 6.07) is 5.85. The molecule has 2 heterocycles. The SMILES string of the molecule is Cc1c(C)c2c(c(C)c1O)CCC(C)(C(=O)NCCNc1c3c(nc4cc(Cl)ccc14)CCCC3)O2. The molecule has 5 rings (SSSR count). The van der Waals surface area contributed by atoms with Crippen LogP contribution in [0.15, 0.2) is 18.2 Å². The number of carbonyl (C=O) groups is 1. The predicted octanol–water partition coefficient (Wildman–Crippen LogP) is 5.71. The predicted molar refractivity (Wildman–Crippen MR) is 145 cm³/mol. The van der Waals surface area contributed by atoms with Gasteiger partial charge in [0.05, 0.1) is 5.52 Å². The van der Waals surface area contributed by atoms with Crippen molar-refractivity contribution in [2.45, 2.75) is 71.8 Å². The first-order chi connectivity index (χ1) is 17.2. The zero-order chi connectivity index (χ0) is 25.6. The number of anilines is 1. The summed E-state index contributed by atoms with van der Waals surface area (Å²) in [6.45, 7) is 8.66. The van der Waals surface area contributed by atoms with Gasteiger partial charge in [0.2, 0.25) is 0 Å². The number of ether oxygens (including phenoxy) is 1. The molecular weight excluding hydrogens is 474 g/mol. The maximum absolute atomic E-state index is 13.2. The molecule has 0 saturated carbocycles. The summed E-state index contributed by atoms with van der Waals surface area (Å²) in [5, 5.41) is 18.8. The number of aromatic nitrogens is 1. The number of carbonyl (C=O) groups excluding carboxylic acids is 1. The minimum absolute atomic E-state index is 0.119. The summed E-state index contributed by atoms with van der Waals surface area (Å²) in [7, 11) is 0. The van der Waals surface area contributed by atoms with Gasteiger partial charge in [0, 0.05) is 46.9 Å². The van der Waals surface area contributed by atoms with E-state index in [-0.39, 0.29) is 5.91 Å². The van der Waals surface area contributed by atoms with Crippen LogP contribution in [-0.4, -0.2) is 34.7 Å². The van der Waals surface area contributed by atoms with Gasteiger partial charge in [-0.05, 0) is 100 Å². The third kappa shape index (κ3) is 4.26. The number of phenols is 1. The van der Waals surface area contributed by atoms with Gasteiger partial charge in [-0.15, -0.1) is 0 Å². The van der Waals surface area contributed by atoms with E-state index in [1.165, 1.54) is 5.56 Å². The molecule has 0 saturated heterocycles. The van der Waals surface area contributed by atoms with Crippen molar-refractivity contribution in [1.82, 2.24) is 10.3 Å². The summed E-state index contributed by atoms with van der Waals surface area (Å²) in [5.74, 6) is 0.937. The molecule has 2 aromatic carbocycles. The Bertz CT molecular complexity index is 1370. The van der Waals surface area contributed by atoms with Gasteiger partial charge in [0.1, 0.15) is 11.5 Å². The lowest BCUT2D eigenvalue weighted by molar-refractivity contribution is -0.136. The fraction of sp³-hybridized carbons (Fsp3) is 0.448. The normalized spacial score (nSPS) is 18.8. The summed E-state index contributed by atoms with van der Waals surface area (Å²) in [5.41, 5.74) is 7.03. The minimum Gasteiger partial charge on any atom is -0.507 e. The molecule has 2 aliphatic rings. The molecule has 1 aromatic heterocycles. The van der Waals surface area contributed by atoms with Gasteiger partial charge in [-0.3, -0.25) is 9.78 Å². The van der Waals surface area contributed by atoms with E-state index in [0.29, 0.717) is 36.7 Å². The fourth-order valence-electron chi connectivity index (χ4n) is 5.56. The smallest absolute Gasteiger partial charge is 0.263 e. The first-order valence-corrected chi connectivity index (χ1v) is 13.2.